The van der Waals surface area contributed by atoms with E-state index in [2.05, 4.69) is 15.6 Å². The quantitative estimate of drug-likeness (QED) is 0.725. The van der Waals surface area contributed by atoms with Crippen LogP contribution in [-0.2, 0) is 4.79 Å². The molecule has 1 fully saturated rings. The summed E-state index contributed by atoms with van der Waals surface area (Å²) in [5.41, 5.74) is 3.98. The molecule has 27 heavy (non-hydrogen) atoms. The van der Waals surface area contributed by atoms with E-state index in [1.807, 2.05) is 56.3 Å². The van der Waals surface area contributed by atoms with Crippen molar-refractivity contribution in [2.45, 2.75) is 26.3 Å². The van der Waals surface area contributed by atoms with Gasteiger partial charge in [0.05, 0.1) is 16.3 Å². The summed E-state index contributed by atoms with van der Waals surface area (Å²) in [4.78, 5) is 30.8. The third-order valence-corrected chi connectivity index (χ3v) is 5.58. The Morgan fingerprint density at radius 3 is 2.70 bits per heavy atom. The van der Waals surface area contributed by atoms with Crippen LogP contribution in [0.2, 0.25) is 0 Å². The molecule has 0 spiro atoms. The predicted octanol–water partition coefficient (Wildman–Crippen LogP) is 3.84. The molecule has 2 heterocycles. The van der Waals surface area contributed by atoms with Crippen LogP contribution in [0.1, 0.15) is 17.5 Å². The maximum Gasteiger partial charge on any atom is 0.321 e. The van der Waals surface area contributed by atoms with Crippen LogP contribution in [-0.4, -0.2) is 29.5 Å². The molecule has 1 aliphatic rings. The number of hydrogen-bond donors (Lipinski definition) is 2. The Bertz CT molecular complexity index is 1010. The number of rotatable bonds is 3. The van der Waals surface area contributed by atoms with Gasteiger partial charge in [0.25, 0.3) is 0 Å². The molecule has 2 aromatic carbocycles. The fourth-order valence-corrected chi connectivity index (χ4v) is 4.18. The molecule has 1 saturated heterocycles. The SMILES string of the molecule is Cc1ccc(N2CC(NC(=O)Nc3nc4c(C)cccc4s3)CC2=O)cc1. The first kappa shape index (κ1) is 17.5. The van der Waals surface area contributed by atoms with Crippen LogP contribution in [0, 0.1) is 13.8 Å². The van der Waals surface area contributed by atoms with Crippen LogP contribution >= 0.6 is 11.3 Å². The Balaban J connectivity index is 1.40. The highest BCUT2D eigenvalue weighted by molar-refractivity contribution is 7.22. The Morgan fingerprint density at radius 1 is 1.19 bits per heavy atom. The van der Waals surface area contributed by atoms with Crippen LogP contribution in [0.4, 0.5) is 15.6 Å². The Labute approximate surface area is 161 Å². The average molecular weight is 380 g/mol. The highest BCUT2D eigenvalue weighted by Gasteiger charge is 2.31. The van der Waals surface area contributed by atoms with Gasteiger partial charge in [0.1, 0.15) is 0 Å². The summed E-state index contributed by atoms with van der Waals surface area (Å²) in [6, 6.07) is 13.2. The minimum atomic E-state index is -0.338. The summed E-state index contributed by atoms with van der Waals surface area (Å²) in [5, 5.41) is 6.22. The van der Waals surface area contributed by atoms with Crippen molar-refractivity contribution in [1.82, 2.24) is 10.3 Å². The smallest absolute Gasteiger partial charge is 0.321 e. The third kappa shape index (κ3) is 3.64. The predicted molar refractivity (Wildman–Crippen MR) is 108 cm³/mol. The number of para-hydroxylation sites is 1. The van der Waals surface area contributed by atoms with Crippen molar-refractivity contribution in [3.05, 3.63) is 53.6 Å². The van der Waals surface area contributed by atoms with E-state index in [0.717, 1.165) is 27.0 Å². The van der Waals surface area contributed by atoms with Gasteiger partial charge in [0.2, 0.25) is 5.91 Å². The van der Waals surface area contributed by atoms with Crippen molar-refractivity contribution in [3.8, 4) is 0 Å². The van der Waals surface area contributed by atoms with Crippen LogP contribution in [0.3, 0.4) is 0 Å². The van der Waals surface area contributed by atoms with Gasteiger partial charge in [-0.3, -0.25) is 10.1 Å². The van der Waals surface area contributed by atoms with Gasteiger partial charge >= 0.3 is 6.03 Å². The van der Waals surface area contributed by atoms with Gasteiger partial charge in [-0.05, 0) is 37.6 Å². The van der Waals surface area contributed by atoms with E-state index in [1.54, 1.807) is 4.90 Å². The Morgan fingerprint density at radius 2 is 1.96 bits per heavy atom. The number of urea groups is 1. The lowest BCUT2D eigenvalue weighted by atomic mass is 10.2. The summed E-state index contributed by atoms with van der Waals surface area (Å²) >= 11 is 1.44. The minimum Gasteiger partial charge on any atom is -0.333 e. The van der Waals surface area contributed by atoms with Gasteiger partial charge in [-0.25, -0.2) is 9.78 Å². The molecule has 3 aromatic rings. The van der Waals surface area contributed by atoms with Gasteiger partial charge in [-0.15, -0.1) is 0 Å². The number of amides is 3. The maximum atomic E-state index is 12.3. The number of nitrogens with one attached hydrogen (secondary N) is 2. The number of fused-ring (bicyclic) bond motifs is 1. The number of carbonyl (C=O) groups is 2. The number of benzene rings is 2. The van der Waals surface area contributed by atoms with E-state index in [1.165, 1.54) is 11.3 Å². The fraction of sp³-hybridized carbons (Fsp3) is 0.250. The molecule has 0 bridgehead atoms. The van der Waals surface area contributed by atoms with Crippen molar-refractivity contribution >= 4 is 44.3 Å². The van der Waals surface area contributed by atoms with E-state index in [0.29, 0.717) is 18.1 Å². The lowest BCUT2D eigenvalue weighted by Crippen LogP contribution is -2.39. The highest BCUT2D eigenvalue weighted by Crippen LogP contribution is 2.28. The Hall–Kier alpha value is -2.93. The molecule has 7 heteroatoms. The van der Waals surface area contributed by atoms with E-state index in [-0.39, 0.29) is 18.0 Å². The second-order valence-electron chi connectivity index (χ2n) is 6.78. The normalized spacial score (nSPS) is 16.7. The first-order chi connectivity index (χ1) is 13.0. The zero-order valence-corrected chi connectivity index (χ0v) is 16.0. The van der Waals surface area contributed by atoms with Gasteiger partial charge in [-0.1, -0.05) is 41.2 Å². The van der Waals surface area contributed by atoms with Crippen molar-refractivity contribution < 1.29 is 9.59 Å². The summed E-state index contributed by atoms with van der Waals surface area (Å²) < 4.78 is 1.03. The van der Waals surface area contributed by atoms with Gasteiger partial charge in [0, 0.05) is 18.7 Å². The summed E-state index contributed by atoms with van der Waals surface area (Å²) in [6.07, 6.45) is 0.292. The molecule has 6 nitrogen and oxygen atoms in total. The second kappa shape index (κ2) is 7.00. The monoisotopic (exact) mass is 380 g/mol. The number of thiazole rings is 1. The molecule has 0 radical (unpaired) electrons. The minimum absolute atomic E-state index is 0.0137. The van der Waals surface area contributed by atoms with Gasteiger partial charge in [0.15, 0.2) is 5.13 Å². The van der Waals surface area contributed by atoms with Crippen molar-refractivity contribution in [3.63, 3.8) is 0 Å². The average Bonchev–Trinajstić information content (AvgIpc) is 3.19. The standard InChI is InChI=1S/C20H20N4O2S/c1-12-6-8-15(9-7-12)24-11-14(10-17(24)25)21-19(26)23-20-22-18-13(2)4-3-5-16(18)27-20/h3-9,14H,10-11H2,1-2H3,(H2,21,22,23,26). The van der Waals surface area contributed by atoms with E-state index < -0.39 is 0 Å². The molecule has 3 amide bonds. The molecular weight excluding hydrogens is 360 g/mol. The van der Waals surface area contributed by atoms with Crippen LogP contribution < -0.4 is 15.5 Å². The van der Waals surface area contributed by atoms with E-state index in [9.17, 15) is 9.59 Å². The Kier molecular flexibility index (Phi) is 4.53. The number of aromatic nitrogens is 1. The number of aryl methyl sites for hydroxylation is 2. The number of nitrogens with zero attached hydrogens (tertiary/aromatic N) is 2. The fourth-order valence-electron chi connectivity index (χ4n) is 3.24. The largest absolute Gasteiger partial charge is 0.333 e. The molecule has 1 unspecified atom stereocenters. The third-order valence-electron chi connectivity index (χ3n) is 4.65. The molecule has 2 N–H and O–H groups in total. The topological polar surface area (TPSA) is 74.3 Å². The number of hydrogen-bond acceptors (Lipinski definition) is 4. The van der Waals surface area contributed by atoms with Gasteiger partial charge < -0.3 is 10.2 Å². The molecule has 0 aliphatic carbocycles. The molecule has 138 valence electrons. The summed E-state index contributed by atoms with van der Waals surface area (Å²) in [6.45, 7) is 4.47. The van der Waals surface area contributed by atoms with Crippen LogP contribution in [0.25, 0.3) is 10.2 Å². The molecular formula is C20H20N4O2S. The maximum absolute atomic E-state index is 12.3. The molecule has 0 saturated carbocycles. The van der Waals surface area contributed by atoms with Crippen LogP contribution in [0.5, 0.6) is 0 Å². The molecule has 1 aromatic heterocycles. The van der Waals surface area contributed by atoms with E-state index >= 15 is 0 Å². The highest BCUT2D eigenvalue weighted by atomic mass is 32.1. The second-order valence-corrected chi connectivity index (χ2v) is 7.81. The molecule has 4 rings (SSSR count). The van der Waals surface area contributed by atoms with Gasteiger partial charge in [-0.2, -0.15) is 0 Å². The zero-order chi connectivity index (χ0) is 19.0. The summed E-state index contributed by atoms with van der Waals surface area (Å²) in [5.74, 6) is 0.0137. The van der Waals surface area contributed by atoms with E-state index in [4.69, 9.17) is 0 Å². The van der Waals surface area contributed by atoms with Crippen molar-refractivity contribution in [1.29, 1.82) is 0 Å². The zero-order valence-electron chi connectivity index (χ0n) is 15.2. The van der Waals surface area contributed by atoms with Crippen molar-refractivity contribution in [2.75, 3.05) is 16.8 Å². The number of anilines is 2. The number of carbonyl (C=O) groups excluding carboxylic acids is 2. The first-order valence-corrected chi connectivity index (χ1v) is 9.62. The lowest BCUT2D eigenvalue weighted by Gasteiger charge is -2.17. The lowest BCUT2D eigenvalue weighted by molar-refractivity contribution is -0.117. The first-order valence-electron chi connectivity index (χ1n) is 8.80. The van der Waals surface area contributed by atoms with Crippen molar-refractivity contribution in [2.24, 2.45) is 0 Å². The molecule has 1 aliphatic heterocycles. The molecule has 1 atom stereocenters. The van der Waals surface area contributed by atoms with Crippen LogP contribution in [0.15, 0.2) is 42.5 Å². The summed E-state index contributed by atoms with van der Waals surface area (Å²) in [7, 11) is 0.